The Hall–Kier alpha value is -1.02. The highest BCUT2D eigenvalue weighted by Crippen LogP contribution is 2.29. The molecule has 18 heavy (non-hydrogen) atoms. The molecule has 2 aliphatic rings. The van der Waals surface area contributed by atoms with Gasteiger partial charge in [0.05, 0.1) is 13.2 Å². The van der Waals surface area contributed by atoms with Crippen LogP contribution in [0.5, 0.6) is 0 Å². The lowest BCUT2D eigenvalue weighted by Crippen LogP contribution is -2.45. The average Bonchev–Trinajstić information content (AvgIpc) is 2.40. The van der Waals surface area contributed by atoms with Gasteiger partial charge in [0.25, 0.3) is 0 Å². The van der Waals surface area contributed by atoms with Gasteiger partial charge in [-0.2, -0.15) is 0 Å². The number of benzene rings is 1. The van der Waals surface area contributed by atoms with E-state index >= 15 is 0 Å². The summed E-state index contributed by atoms with van der Waals surface area (Å²) in [6.45, 7) is 3.08. The summed E-state index contributed by atoms with van der Waals surface area (Å²) in [6, 6.07) is 11.7. The van der Waals surface area contributed by atoms with Crippen molar-refractivity contribution in [3.63, 3.8) is 0 Å². The Labute approximate surface area is 110 Å². The van der Waals surface area contributed by atoms with Gasteiger partial charge in [-0.05, 0) is 25.0 Å². The Morgan fingerprint density at radius 3 is 2.33 bits per heavy atom. The Kier molecular flexibility index (Phi) is 3.84. The number of ether oxygens (including phenoxy) is 1. The van der Waals surface area contributed by atoms with Crippen molar-refractivity contribution in [2.45, 2.75) is 38.1 Å². The molecule has 2 heteroatoms. The fourth-order valence-corrected chi connectivity index (χ4v) is 3.15. The van der Waals surface area contributed by atoms with Gasteiger partial charge >= 0.3 is 0 Å². The minimum absolute atomic E-state index is 0.743. The second-order valence-electron chi connectivity index (χ2n) is 5.68. The number of para-hydroxylation sites is 1. The maximum atomic E-state index is 5.33. The van der Waals surface area contributed by atoms with Gasteiger partial charge in [0.1, 0.15) is 0 Å². The van der Waals surface area contributed by atoms with E-state index in [1.807, 2.05) is 0 Å². The zero-order valence-electron chi connectivity index (χ0n) is 11.1. The second-order valence-corrected chi connectivity index (χ2v) is 5.68. The van der Waals surface area contributed by atoms with Gasteiger partial charge in [-0.1, -0.05) is 37.5 Å². The van der Waals surface area contributed by atoms with Crippen molar-refractivity contribution in [2.75, 3.05) is 24.7 Å². The summed E-state index contributed by atoms with van der Waals surface area (Å²) >= 11 is 0. The highest BCUT2D eigenvalue weighted by Gasteiger charge is 2.27. The topological polar surface area (TPSA) is 12.5 Å². The van der Waals surface area contributed by atoms with Crippen LogP contribution in [0.25, 0.3) is 0 Å². The molecule has 3 rings (SSSR count). The molecule has 1 aromatic carbocycles. The minimum Gasteiger partial charge on any atom is -0.381 e. The quantitative estimate of drug-likeness (QED) is 0.805. The van der Waals surface area contributed by atoms with Crippen LogP contribution in [0, 0.1) is 5.92 Å². The third-order valence-corrected chi connectivity index (χ3v) is 4.27. The molecule has 2 fully saturated rings. The molecule has 0 spiro atoms. The summed E-state index contributed by atoms with van der Waals surface area (Å²) < 4.78 is 5.33. The maximum absolute atomic E-state index is 5.33. The Bertz CT molecular complexity index is 355. The van der Waals surface area contributed by atoms with E-state index in [-0.39, 0.29) is 0 Å². The van der Waals surface area contributed by atoms with E-state index in [1.165, 1.54) is 44.3 Å². The summed E-state index contributed by atoms with van der Waals surface area (Å²) in [5.74, 6) is 0.743. The van der Waals surface area contributed by atoms with Crippen molar-refractivity contribution in [3.8, 4) is 0 Å². The van der Waals surface area contributed by atoms with Crippen LogP contribution in [0.3, 0.4) is 0 Å². The first kappa shape index (κ1) is 12.0. The molecule has 1 aliphatic heterocycles. The van der Waals surface area contributed by atoms with Crippen LogP contribution in [0.4, 0.5) is 5.69 Å². The molecule has 0 unspecified atom stereocenters. The molecule has 0 atom stereocenters. The summed E-state index contributed by atoms with van der Waals surface area (Å²) in [4.78, 5) is 2.65. The number of anilines is 1. The molecule has 1 aliphatic carbocycles. The smallest absolute Gasteiger partial charge is 0.0533 e. The van der Waals surface area contributed by atoms with Crippen LogP contribution in [-0.2, 0) is 4.74 Å². The third kappa shape index (κ3) is 2.69. The SMILES string of the molecule is c1ccc(N(CC2COC2)C2CCCCC2)cc1. The summed E-state index contributed by atoms with van der Waals surface area (Å²) in [7, 11) is 0. The van der Waals surface area contributed by atoms with Crippen LogP contribution in [0.15, 0.2) is 30.3 Å². The molecule has 0 amide bonds. The van der Waals surface area contributed by atoms with Crippen molar-refractivity contribution in [2.24, 2.45) is 5.92 Å². The standard InChI is InChI=1S/C16H23NO/c1-3-7-15(8-4-1)17(11-14-12-18-13-14)16-9-5-2-6-10-16/h1,3-4,7-8,14,16H,2,5-6,9-13H2. The van der Waals surface area contributed by atoms with Gasteiger partial charge in [-0.25, -0.2) is 0 Å². The fraction of sp³-hybridized carbons (Fsp3) is 0.625. The number of hydrogen-bond acceptors (Lipinski definition) is 2. The molecule has 0 N–H and O–H groups in total. The van der Waals surface area contributed by atoms with Gasteiger partial charge in [0, 0.05) is 24.2 Å². The molecule has 1 heterocycles. The van der Waals surface area contributed by atoms with Crippen LogP contribution in [-0.4, -0.2) is 25.8 Å². The second kappa shape index (κ2) is 5.75. The van der Waals surface area contributed by atoms with E-state index in [4.69, 9.17) is 4.74 Å². The molecular formula is C16H23NO. The molecule has 1 saturated heterocycles. The van der Waals surface area contributed by atoms with Gasteiger partial charge in [-0.15, -0.1) is 0 Å². The Morgan fingerprint density at radius 1 is 1.00 bits per heavy atom. The van der Waals surface area contributed by atoms with Crippen LogP contribution < -0.4 is 4.90 Å². The molecular weight excluding hydrogens is 222 g/mol. The summed E-state index contributed by atoms with van der Waals surface area (Å²) in [6.07, 6.45) is 6.95. The predicted molar refractivity (Wildman–Crippen MR) is 75.0 cm³/mol. The molecule has 1 saturated carbocycles. The highest BCUT2D eigenvalue weighted by atomic mass is 16.5. The van der Waals surface area contributed by atoms with Crippen LogP contribution in [0.1, 0.15) is 32.1 Å². The third-order valence-electron chi connectivity index (χ3n) is 4.27. The maximum Gasteiger partial charge on any atom is 0.0533 e. The van der Waals surface area contributed by atoms with Crippen LogP contribution >= 0.6 is 0 Å². The molecule has 98 valence electrons. The molecule has 0 radical (unpaired) electrons. The Morgan fingerprint density at radius 2 is 1.72 bits per heavy atom. The number of rotatable bonds is 4. The van der Waals surface area contributed by atoms with E-state index in [1.54, 1.807) is 0 Å². The largest absolute Gasteiger partial charge is 0.381 e. The first-order valence-corrected chi connectivity index (χ1v) is 7.33. The lowest BCUT2D eigenvalue weighted by molar-refractivity contribution is -0.0285. The fourth-order valence-electron chi connectivity index (χ4n) is 3.15. The Balaban J connectivity index is 1.73. The lowest BCUT2D eigenvalue weighted by atomic mass is 9.92. The van der Waals surface area contributed by atoms with Crippen molar-refractivity contribution in [3.05, 3.63) is 30.3 Å². The van der Waals surface area contributed by atoms with Crippen molar-refractivity contribution in [1.82, 2.24) is 0 Å². The van der Waals surface area contributed by atoms with E-state index in [0.29, 0.717) is 0 Å². The van der Waals surface area contributed by atoms with E-state index in [0.717, 1.165) is 25.2 Å². The monoisotopic (exact) mass is 245 g/mol. The van der Waals surface area contributed by atoms with Crippen molar-refractivity contribution < 1.29 is 4.74 Å². The first-order chi connectivity index (χ1) is 8.93. The predicted octanol–water partition coefficient (Wildman–Crippen LogP) is 3.47. The van der Waals surface area contributed by atoms with Crippen LogP contribution in [0.2, 0.25) is 0 Å². The number of hydrogen-bond donors (Lipinski definition) is 0. The summed E-state index contributed by atoms with van der Waals surface area (Å²) in [5, 5.41) is 0. The van der Waals surface area contributed by atoms with Gasteiger partial charge < -0.3 is 9.64 Å². The van der Waals surface area contributed by atoms with Gasteiger partial charge in [-0.3, -0.25) is 0 Å². The van der Waals surface area contributed by atoms with E-state index < -0.39 is 0 Å². The molecule has 0 aromatic heterocycles. The van der Waals surface area contributed by atoms with Gasteiger partial charge in [0.2, 0.25) is 0 Å². The molecule has 1 aromatic rings. The van der Waals surface area contributed by atoms with E-state index in [9.17, 15) is 0 Å². The highest BCUT2D eigenvalue weighted by molar-refractivity contribution is 5.47. The average molecular weight is 245 g/mol. The van der Waals surface area contributed by atoms with Crippen molar-refractivity contribution >= 4 is 5.69 Å². The minimum atomic E-state index is 0.743. The number of nitrogens with zero attached hydrogens (tertiary/aromatic N) is 1. The zero-order chi connectivity index (χ0) is 12.2. The zero-order valence-corrected chi connectivity index (χ0v) is 11.1. The summed E-state index contributed by atoms with van der Waals surface area (Å²) in [5.41, 5.74) is 1.40. The van der Waals surface area contributed by atoms with Gasteiger partial charge in [0.15, 0.2) is 0 Å². The molecule has 2 nitrogen and oxygen atoms in total. The van der Waals surface area contributed by atoms with E-state index in [2.05, 4.69) is 35.2 Å². The lowest BCUT2D eigenvalue weighted by Gasteiger charge is -2.40. The molecule has 0 bridgehead atoms. The van der Waals surface area contributed by atoms with Crippen molar-refractivity contribution in [1.29, 1.82) is 0 Å². The first-order valence-electron chi connectivity index (χ1n) is 7.33. The normalized spacial score (nSPS) is 21.6.